The van der Waals surface area contributed by atoms with Crippen LogP contribution in [-0.4, -0.2) is 36.7 Å². The Morgan fingerprint density at radius 2 is 1.76 bits per heavy atom. The summed E-state index contributed by atoms with van der Waals surface area (Å²) in [5.74, 6) is -0.0168. The Morgan fingerprint density at radius 1 is 1.18 bits per heavy atom. The first-order chi connectivity index (χ1) is 8.21. The van der Waals surface area contributed by atoms with Crippen LogP contribution in [0.25, 0.3) is 0 Å². The molecule has 1 aliphatic heterocycles. The van der Waals surface area contributed by atoms with Gasteiger partial charge in [-0.1, -0.05) is 19.3 Å². The lowest BCUT2D eigenvalue weighted by Gasteiger charge is -2.45. The predicted molar refractivity (Wildman–Crippen MR) is 66.3 cm³/mol. The maximum Gasteiger partial charge on any atom is 0.265 e. The van der Waals surface area contributed by atoms with Gasteiger partial charge in [0.25, 0.3) is 5.91 Å². The van der Waals surface area contributed by atoms with E-state index in [4.69, 9.17) is 10.5 Å². The van der Waals surface area contributed by atoms with E-state index >= 15 is 0 Å². The lowest BCUT2D eigenvalue weighted by Crippen LogP contribution is -2.63. The van der Waals surface area contributed by atoms with E-state index in [1.165, 1.54) is 19.3 Å². The number of hydrogen-bond donors (Lipinski definition) is 1. The van der Waals surface area contributed by atoms with Gasteiger partial charge >= 0.3 is 0 Å². The smallest absolute Gasteiger partial charge is 0.265 e. The summed E-state index contributed by atoms with van der Waals surface area (Å²) in [6.45, 7) is 1.88. The monoisotopic (exact) mass is 240 g/mol. The van der Waals surface area contributed by atoms with Crippen molar-refractivity contribution in [2.75, 3.05) is 20.2 Å². The van der Waals surface area contributed by atoms with Gasteiger partial charge in [0.1, 0.15) is 0 Å². The van der Waals surface area contributed by atoms with Gasteiger partial charge < -0.3 is 10.5 Å². The van der Waals surface area contributed by atoms with Crippen LogP contribution >= 0.6 is 0 Å². The number of methoxy groups -OCH3 is 1. The molecule has 1 amide bonds. The fourth-order valence-electron chi connectivity index (χ4n) is 3.55. The van der Waals surface area contributed by atoms with Crippen molar-refractivity contribution in [2.24, 2.45) is 11.7 Å². The summed E-state index contributed by atoms with van der Waals surface area (Å²) in [6, 6.07) is 0. The summed E-state index contributed by atoms with van der Waals surface area (Å²) < 4.78 is 5.67. The van der Waals surface area contributed by atoms with Crippen LogP contribution in [0.15, 0.2) is 0 Å². The normalized spacial score (nSPS) is 26.9. The Hall–Kier alpha value is -0.610. The molecule has 4 nitrogen and oxygen atoms in total. The molecular weight excluding hydrogens is 216 g/mol. The molecule has 98 valence electrons. The molecule has 2 fully saturated rings. The zero-order chi connectivity index (χ0) is 12.3. The molecule has 1 unspecified atom stereocenters. The quantitative estimate of drug-likeness (QED) is 0.810. The number of hydrogen-bond acceptors (Lipinski definition) is 3. The lowest BCUT2D eigenvalue weighted by atomic mass is 9.89. The maximum absolute atomic E-state index is 12.0. The molecule has 1 atom stereocenters. The third-order valence-electron chi connectivity index (χ3n) is 4.40. The summed E-state index contributed by atoms with van der Waals surface area (Å²) in [4.78, 5) is 14.2. The third kappa shape index (κ3) is 2.20. The Morgan fingerprint density at radius 3 is 2.24 bits per heavy atom. The minimum atomic E-state index is -0.836. The number of primary amides is 1. The van der Waals surface area contributed by atoms with Gasteiger partial charge in [0.2, 0.25) is 5.72 Å². The number of nitrogens with zero attached hydrogens (tertiary/aromatic N) is 1. The van der Waals surface area contributed by atoms with Crippen LogP contribution < -0.4 is 5.73 Å². The van der Waals surface area contributed by atoms with Gasteiger partial charge in [0, 0.05) is 26.1 Å². The van der Waals surface area contributed by atoms with E-state index in [-0.39, 0.29) is 11.8 Å². The molecule has 1 saturated carbocycles. The molecule has 0 radical (unpaired) electrons. The third-order valence-corrected chi connectivity index (χ3v) is 4.40. The highest BCUT2D eigenvalue weighted by atomic mass is 16.5. The van der Waals surface area contributed by atoms with Gasteiger partial charge in [-0.25, -0.2) is 0 Å². The molecule has 0 aromatic carbocycles. The minimum Gasteiger partial charge on any atom is -0.366 e. The molecule has 0 aromatic heterocycles. The fourth-order valence-corrected chi connectivity index (χ4v) is 3.55. The zero-order valence-corrected chi connectivity index (χ0v) is 10.8. The molecule has 17 heavy (non-hydrogen) atoms. The second-order valence-electron chi connectivity index (χ2n) is 5.29. The Labute approximate surface area is 103 Å². The molecule has 0 spiro atoms. The van der Waals surface area contributed by atoms with Crippen molar-refractivity contribution in [1.82, 2.24) is 4.90 Å². The summed E-state index contributed by atoms with van der Waals surface area (Å²) in [5, 5.41) is 0. The molecule has 2 rings (SSSR count). The number of ether oxygens (including phenoxy) is 1. The average molecular weight is 240 g/mol. The average Bonchev–Trinajstić information content (AvgIpc) is 2.86. The van der Waals surface area contributed by atoms with E-state index in [0.717, 1.165) is 38.8 Å². The molecule has 0 aromatic rings. The largest absolute Gasteiger partial charge is 0.366 e. The number of nitrogens with two attached hydrogens (primary N) is 1. The van der Waals surface area contributed by atoms with Crippen molar-refractivity contribution < 1.29 is 9.53 Å². The van der Waals surface area contributed by atoms with Crippen LogP contribution in [0.2, 0.25) is 0 Å². The van der Waals surface area contributed by atoms with Gasteiger partial charge in [-0.15, -0.1) is 0 Å². The van der Waals surface area contributed by atoms with Crippen LogP contribution in [-0.2, 0) is 9.53 Å². The SMILES string of the molecule is COC(C(N)=O)(C1CCCC1)N1CCCCC1. The molecule has 1 heterocycles. The fraction of sp³-hybridized carbons (Fsp3) is 0.923. The number of amides is 1. The van der Waals surface area contributed by atoms with E-state index < -0.39 is 5.72 Å². The van der Waals surface area contributed by atoms with E-state index in [2.05, 4.69) is 4.90 Å². The Kier molecular flexibility index (Phi) is 4.05. The van der Waals surface area contributed by atoms with E-state index in [1.54, 1.807) is 7.11 Å². The molecule has 2 N–H and O–H groups in total. The van der Waals surface area contributed by atoms with Gasteiger partial charge in [-0.2, -0.15) is 0 Å². The second kappa shape index (κ2) is 5.36. The number of carbonyl (C=O) groups excluding carboxylic acids is 1. The highest BCUT2D eigenvalue weighted by molar-refractivity contribution is 5.83. The molecule has 0 bridgehead atoms. The van der Waals surface area contributed by atoms with Crippen molar-refractivity contribution in [3.63, 3.8) is 0 Å². The summed E-state index contributed by atoms with van der Waals surface area (Å²) in [6.07, 6.45) is 8.05. The second-order valence-corrected chi connectivity index (χ2v) is 5.29. The van der Waals surface area contributed by atoms with Crippen LogP contribution in [0, 0.1) is 5.92 Å². The van der Waals surface area contributed by atoms with Gasteiger partial charge in [0.05, 0.1) is 0 Å². The van der Waals surface area contributed by atoms with Crippen molar-refractivity contribution in [1.29, 1.82) is 0 Å². The van der Waals surface area contributed by atoms with E-state index in [1.807, 2.05) is 0 Å². The van der Waals surface area contributed by atoms with Crippen molar-refractivity contribution >= 4 is 5.91 Å². The van der Waals surface area contributed by atoms with E-state index in [9.17, 15) is 4.79 Å². The van der Waals surface area contributed by atoms with Gasteiger partial charge in [-0.05, 0) is 25.7 Å². The van der Waals surface area contributed by atoms with Crippen molar-refractivity contribution in [3.05, 3.63) is 0 Å². The molecule has 1 saturated heterocycles. The predicted octanol–water partition coefficient (Wildman–Crippen LogP) is 1.49. The van der Waals surface area contributed by atoms with Crippen LogP contribution in [0.1, 0.15) is 44.9 Å². The van der Waals surface area contributed by atoms with Crippen molar-refractivity contribution in [3.8, 4) is 0 Å². The standard InChI is InChI=1S/C13H24N2O2/c1-17-13(12(14)16,11-7-3-4-8-11)15-9-5-2-6-10-15/h11H,2-10H2,1H3,(H2,14,16). The minimum absolute atomic E-state index is 0.281. The summed E-state index contributed by atoms with van der Waals surface area (Å²) in [7, 11) is 1.64. The molecule has 2 aliphatic rings. The van der Waals surface area contributed by atoms with Crippen LogP contribution in [0.4, 0.5) is 0 Å². The van der Waals surface area contributed by atoms with Crippen molar-refractivity contribution in [2.45, 2.75) is 50.7 Å². The Balaban J connectivity index is 2.23. The molecular formula is C13H24N2O2. The number of likely N-dealkylation sites (tertiary alicyclic amines) is 1. The topological polar surface area (TPSA) is 55.6 Å². The van der Waals surface area contributed by atoms with Gasteiger partial charge in [0.15, 0.2) is 0 Å². The molecule has 1 aliphatic carbocycles. The number of piperidine rings is 1. The van der Waals surface area contributed by atoms with Crippen LogP contribution in [0.3, 0.4) is 0 Å². The van der Waals surface area contributed by atoms with E-state index in [0.29, 0.717) is 0 Å². The molecule has 4 heteroatoms. The van der Waals surface area contributed by atoms with Crippen LogP contribution in [0.5, 0.6) is 0 Å². The highest BCUT2D eigenvalue weighted by Crippen LogP contribution is 2.39. The Bertz CT molecular complexity index is 271. The number of carbonyl (C=O) groups is 1. The first-order valence-electron chi connectivity index (χ1n) is 6.82. The first-order valence-corrected chi connectivity index (χ1v) is 6.82. The summed E-state index contributed by atoms with van der Waals surface area (Å²) >= 11 is 0. The maximum atomic E-state index is 12.0. The summed E-state index contributed by atoms with van der Waals surface area (Å²) in [5.41, 5.74) is 4.85. The lowest BCUT2D eigenvalue weighted by molar-refractivity contribution is -0.189. The zero-order valence-electron chi connectivity index (χ0n) is 10.8. The highest BCUT2D eigenvalue weighted by Gasteiger charge is 2.50. The number of rotatable bonds is 4. The van der Waals surface area contributed by atoms with Gasteiger partial charge in [-0.3, -0.25) is 9.69 Å². The first kappa shape index (κ1) is 12.8.